The molecular weight excluding hydrogens is 234 g/mol. The molecule has 1 N–H and O–H groups in total. The molecule has 1 aromatic rings. The first-order chi connectivity index (χ1) is 9.03. The molecule has 1 aliphatic rings. The molecule has 19 heavy (non-hydrogen) atoms. The van der Waals surface area contributed by atoms with E-state index in [4.69, 9.17) is 4.74 Å². The number of rotatable bonds is 5. The van der Waals surface area contributed by atoms with Crippen LogP contribution in [0.3, 0.4) is 0 Å². The highest BCUT2D eigenvalue weighted by Crippen LogP contribution is 2.34. The van der Waals surface area contributed by atoms with E-state index in [2.05, 4.69) is 57.3 Å². The van der Waals surface area contributed by atoms with Gasteiger partial charge in [-0.25, -0.2) is 0 Å². The summed E-state index contributed by atoms with van der Waals surface area (Å²) in [4.78, 5) is 0. The largest absolute Gasteiger partial charge is 0.491 e. The van der Waals surface area contributed by atoms with Crippen molar-refractivity contribution in [2.45, 2.75) is 58.6 Å². The SMILES string of the molecule is CC(C)Oc1ccccc1CC1(C(C)C)CCCN1. The zero-order valence-electron chi connectivity index (χ0n) is 12.7. The maximum Gasteiger partial charge on any atom is 0.122 e. The monoisotopic (exact) mass is 261 g/mol. The molecule has 1 unspecified atom stereocenters. The molecule has 1 saturated heterocycles. The third-order valence-electron chi connectivity index (χ3n) is 4.22. The van der Waals surface area contributed by atoms with Gasteiger partial charge < -0.3 is 10.1 Å². The zero-order valence-corrected chi connectivity index (χ0v) is 12.7. The summed E-state index contributed by atoms with van der Waals surface area (Å²) in [6.45, 7) is 9.96. The van der Waals surface area contributed by atoms with Crippen LogP contribution in [0, 0.1) is 5.92 Å². The summed E-state index contributed by atoms with van der Waals surface area (Å²) in [7, 11) is 0. The maximum absolute atomic E-state index is 5.95. The number of nitrogens with one attached hydrogen (secondary N) is 1. The molecule has 1 fully saturated rings. The highest BCUT2D eigenvalue weighted by Gasteiger charge is 2.37. The normalized spacial score (nSPS) is 23.3. The molecule has 1 heterocycles. The van der Waals surface area contributed by atoms with Crippen molar-refractivity contribution in [3.05, 3.63) is 29.8 Å². The first kappa shape index (κ1) is 14.4. The first-order valence-corrected chi connectivity index (χ1v) is 7.53. The lowest BCUT2D eigenvalue weighted by Gasteiger charge is -2.34. The molecule has 106 valence electrons. The predicted molar refractivity (Wildman–Crippen MR) is 80.7 cm³/mol. The summed E-state index contributed by atoms with van der Waals surface area (Å²) < 4.78 is 5.95. The van der Waals surface area contributed by atoms with Crippen LogP contribution in [0.2, 0.25) is 0 Å². The lowest BCUT2D eigenvalue weighted by Crippen LogP contribution is -2.46. The summed E-state index contributed by atoms with van der Waals surface area (Å²) in [5.74, 6) is 1.69. The second kappa shape index (κ2) is 5.96. The van der Waals surface area contributed by atoms with E-state index in [0.29, 0.717) is 5.92 Å². The van der Waals surface area contributed by atoms with E-state index in [-0.39, 0.29) is 11.6 Å². The third kappa shape index (κ3) is 3.30. The van der Waals surface area contributed by atoms with Gasteiger partial charge in [0.05, 0.1) is 6.10 Å². The topological polar surface area (TPSA) is 21.3 Å². The Morgan fingerprint density at radius 3 is 2.53 bits per heavy atom. The van der Waals surface area contributed by atoms with Crippen LogP contribution in [0.4, 0.5) is 0 Å². The van der Waals surface area contributed by atoms with Crippen molar-refractivity contribution in [1.82, 2.24) is 5.32 Å². The van der Waals surface area contributed by atoms with Crippen LogP contribution in [0.25, 0.3) is 0 Å². The second-order valence-corrected chi connectivity index (χ2v) is 6.29. The molecule has 0 saturated carbocycles. The third-order valence-corrected chi connectivity index (χ3v) is 4.22. The second-order valence-electron chi connectivity index (χ2n) is 6.29. The van der Waals surface area contributed by atoms with Crippen molar-refractivity contribution in [2.24, 2.45) is 5.92 Å². The lowest BCUT2D eigenvalue weighted by molar-refractivity contribution is 0.230. The Balaban J connectivity index is 2.22. The summed E-state index contributed by atoms with van der Waals surface area (Å²) in [6, 6.07) is 8.48. The highest BCUT2D eigenvalue weighted by atomic mass is 16.5. The Hall–Kier alpha value is -1.02. The van der Waals surface area contributed by atoms with E-state index < -0.39 is 0 Å². The van der Waals surface area contributed by atoms with E-state index in [1.165, 1.54) is 18.4 Å². The molecule has 1 aromatic carbocycles. The number of para-hydroxylation sites is 1. The molecular formula is C17H27NO. The predicted octanol–water partition coefficient (Wildman–Crippen LogP) is 3.79. The standard InChI is InChI=1S/C17H27NO/c1-13(2)17(10-7-11-18-17)12-15-8-5-6-9-16(15)19-14(3)4/h5-6,8-9,13-14,18H,7,10-12H2,1-4H3. The minimum Gasteiger partial charge on any atom is -0.491 e. The van der Waals surface area contributed by atoms with E-state index >= 15 is 0 Å². The summed E-state index contributed by atoms with van der Waals surface area (Å²) in [5.41, 5.74) is 1.58. The average molecular weight is 261 g/mol. The minimum atomic E-state index is 0.229. The Morgan fingerprint density at radius 2 is 1.95 bits per heavy atom. The average Bonchev–Trinajstić information content (AvgIpc) is 2.81. The molecule has 2 rings (SSSR count). The van der Waals surface area contributed by atoms with Gasteiger partial charge in [0.25, 0.3) is 0 Å². The van der Waals surface area contributed by atoms with Crippen molar-refractivity contribution >= 4 is 0 Å². The van der Waals surface area contributed by atoms with Crippen LogP contribution < -0.4 is 10.1 Å². The molecule has 0 aromatic heterocycles. The fraction of sp³-hybridized carbons (Fsp3) is 0.647. The quantitative estimate of drug-likeness (QED) is 0.870. The molecule has 0 amide bonds. The van der Waals surface area contributed by atoms with Crippen molar-refractivity contribution in [1.29, 1.82) is 0 Å². The van der Waals surface area contributed by atoms with E-state index in [1.807, 2.05) is 0 Å². The summed E-state index contributed by atoms with van der Waals surface area (Å²) >= 11 is 0. The van der Waals surface area contributed by atoms with Gasteiger partial charge >= 0.3 is 0 Å². The van der Waals surface area contributed by atoms with Crippen LogP contribution in [-0.2, 0) is 6.42 Å². The van der Waals surface area contributed by atoms with Gasteiger partial charge in [0.1, 0.15) is 5.75 Å². The van der Waals surface area contributed by atoms with E-state index in [1.54, 1.807) is 0 Å². The Morgan fingerprint density at radius 1 is 1.21 bits per heavy atom. The van der Waals surface area contributed by atoms with Gasteiger partial charge in [-0.2, -0.15) is 0 Å². The van der Waals surface area contributed by atoms with E-state index in [9.17, 15) is 0 Å². The van der Waals surface area contributed by atoms with Crippen molar-refractivity contribution in [2.75, 3.05) is 6.54 Å². The van der Waals surface area contributed by atoms with Crippen molar-refractivity contribution in [3.63, 3.8) is 0 Å². The van der Waals surface area contributed by atoms with Gasteiger partial charge in [-0.05, 0) is 57.2 Å². The zero-order chi connectivity index (χ0) is 13.9. The van der Waals surface area contributed by atoms with Crippen LogP contribution in [0.1, 0.15) is 46.1 Å². The molecule has 1 aliphatic heterocycles. The molecule has 2 nitrogen and oxygen atoms in total. The van der Waals surface area contributed by atoms with Crippen LogP contribution in [-0.4, -0.2) is 18.2 Å². The van der Waals surface area contributed by atoms with Crippen molar-refractivity contribution < 1.29 is 4.74 Å². The Bertz CT molecular complexity index is 405. The molecule has 0 spiro atoms. The Kier molecular flexibility index (Phi) is 4.51. The first-order valence-electron chi connectivity index (χ1n) is 7.53. The van der Waals surface area contributed by atoms with Gasteiger partial charge in [-0.1, -0.05) is 32.0 Å². The minimum absolute atomic E-state index is 0.229. The molecule has 0 aliphatic carbocycles. The fourth-order valence-electron chi connectivity index (χ4n) is 3.04. The number of hydrogen-bond donors (Lipinski definition) is 1. The van der Waals surface area contributed by atoms with Crippen LogP contribution in [0.5, 0.6) is 5.75 Å². The van der Waals surface area contributed by atoms with Crippen molar-refractivity contribution in [3.8, 4) is 5.75 Å². The van der Waals surface area contributed by atoms with Gasteiger partial charge in [-0.15, -0.1) is 0 Å². The maximum atomic E-state index is 5.95. The molecule has 1 atom stereocenters. The number of benzene rings is 1. The molecule has 0 bridgehead atoms. The summed E-state index contributed by atoms with van der Waals surface area (Å²) in [6.07, 6.45) is 3.84. The van der Waals surface area contributed by atoms with Crippen LogP contribution >= 0.6 is 0 Å². The number of ether oxygens (including phenoxy) is 1. The fourth-order valence-corrected chi connectivity index (χ4v) is 3.04. The molecule has 0 radical (unpaired) electrons. The van der Waals surface area contributed by atoms with Crippen LogP contribution in [0.15, 0.2) is 24.3 Å². The summed E-state index contributed by atoms with van der Waals surface area (Å²) in [5, 5.41) is 3.74. The smallest absolute Gasteiger partial charge is 0.122 e. The van der Waals surface area contributed by atoms with Gasteiger partial charge in [-0.3, -0.25) is 0 Å². The number of hydrogen-bond acceptors (Lipinski definition) is 2. The van der Waals surface area contributed by atoms with E-state index in [0.717, 1.165) is 18.7 Å². The lowest BCUT2D eigenvalue weighted by atomic mass is 9.79. The van der Waals surface area contributed by atoms with Gasteiger partial charge in [0.2, 0.25) is 0 Å². The Labute approximate surface area is 117 Å². The van der Waals surface area contributed by atoms with Gasteiger partial charge in [0.15, 0.2) is 0 Å². The highest BCUT2D eigenvalue weighted by molar-refractivity contribution is 5.35. The van der Waals surface area contributed by atoms with Gasteiger partial charge in [0, 0.05) is 5.54 Å². The molecule has 2 heteroatoms.